The van der Waals surface area contributed by atoms with Crippen molar-refractivity contribution in [2.45, 2.75) is 13.3 Å². The third-order valence-corrected chi connectivity index (χ3v) is 4.07. The quantitative estimate of drug-likeness (QED) is 0.613. The number of hydrogen-bond acceptors (Lipinski definition) is 5. The van der Waals surface area contributed by atoms with E-state index in [-0.39, 0.29) is 18.3 Å². The molecule has 0 aliphatic heterocycles. The summed E-state index contributed by atoms with van der Waals surface area (Å²) in [6, 6.07) is 15.9. The highest BCUT2D eigenvalue weighted by atomic mass is 16.4. The van der Waals surface area contributed by atoms with Gasteiger partial charge >= 0.3 is 6.01 Å². The molecule has 0 fully saturated rings. The summed E-state index contributed by atoms with van der Waals surface area (Å²) in [6.45, 7) is 1.88. The Morgan fingerprint density at radius 1 is 1.12 bits per heavy atom. The summed E-state index contributed by atoms with van der Waals surface area (Å²) in [7, 11) is 1.80. The van der Waals surface area contributed by atoms with Gasteiger partial charge in [0.05, 0.1) is 12.1 Å². The van der Waals surface area contributed by atoms with Crippen molar-refractivity contribution in [3.63, 3.8) is 0 Å². The Bertz CT molecular complexity index is 1100. The monoisotopic (exact) mass is 347 g/mol. The van der Waals surface area contributed by atoms with E-state index in [2.05, 4.69) is 20.6 Å². The van der Waals surface area contributed by atoms with Crippen LogP contribution in [-0.4, -0.2) is 25.9 Å². The lowest BCUT2D eigenvalue weighted by Crippen LogP contribution is -2.14. The lowest BCUT2D eigenvalue weighted by Gasteiger charge is -2.03. The Kier molecular flexibility index (Phi) is 3.96. The van der Waals surface area contributed by atoms with Crippen molar-refractivity contribution in [2.24, 2.45) is 7.05 Å². The van der Waals surface area contributed by atoms with Crippen molar-refractivity contribution in [1.82, 2.24) is 20.0 Å². The average molecular weight is 347 g/mol. The number of fused-ring (bicyclic) bond motifs is 1. The van der Waals surface area contributed by atoms with Crippen LogP contribution in [0.3, 0.4) is 0 Å². The van der Waals surface area contributed by atoms with E-state index in [0.717, 1.165) is 22.0 Å². The molecule has 2 aromatic heterocycles. The second-order valence-electron chi connectivity index (χ2n) is 6.11. The highest BCUT2D eigenvalue weighted by molar-refractivity contribution is 5.91. The number of benzene rings is 2. The fourth-order valence-electron chi connectivity index (χ4n) is 2.89. The zero-order chi connectivity index (χ0) is 18.1. The van der Waals surface area contributed by atoms with E-state index in [1.165, 1.54) is 0 Å². The number of nitrogens with zero attached hydrogens (tertiary/aromatic N) is 4. The summed E-state index contributed by atoms with van der Waals surface area (Å²) in [5.74, 6) is 0.103. The van der Waals surface area contributed by atoms with E-state index >= 15 is 0 Å². The molecule has 2 aromatic carbocycles. The van der Waals surface area contributed by atoms with Gasteiger partial charge in [-0.25, -0.2) is 0 Å². The van der Waals surface area contributed by atoms with Crippen LogP contribution in [0.25, 0.3) is 22.4 Å². The topological polar surface area (TPSA) is 85.8 Å². The van der Waals surface area contributed by atoms with E-state index in [1.807, 2.05) is 55.5 Å². The minimum atomic E-state index is -0.211. The van der Waals surface area contributed by atoms with Gasteiger partial charge in [0.25, 0.3) is 5.89 Å². The number of carbonyl (C=O) groups excluding carboxylic acids is 1. The Morgan fingerprint density at radius 3 is 2.69 bits per heavy atom. The molecule has 4 rings (SSSR count). The molecule has 0 radical (unpaired) electrons. The van der Waals surface area contributed by atoms with Crippen LogP contribution >= 0.6 is 0 Å². The lowest BCUT2D eigenvalue weighted by molar-refractivity contribution is -0.115. The van der Waals surface area contributed by atoms with Gasteiger partial charge in [0.15, 0.2) is 0 Å². The molecule has 0 bridgehead atoms. The molecule has 2 heterocycles. The third kappa shape index (κ3) is 3.19. The number of anilines is 1. The fourth-order valence-corrected chi connectivity index (χ4v) is 2.89. The van der Waals surface area contributed by atoms with Crippen LogP contribution < -0.4 is 5.32 Å². The smallest absolute Gasteiger partial charge is 0.322 e. The van der Waals surface area contributed by atoms with Crippen LogP contribution in [0.2, 0.25) is 0 Å². The third-order valence-electron chi connectivity index (χ3n) is 4.07. The second-order valence-corrected chi connectivity index (χ2v) is 6.11. The molecule has 1 amide bonds. The molecule has 0 saturated heterocycles. The molecule has 7 nitrogen and oxygen atoms in total. The van der Waals surface area contributed by atoms with E-state index < -0.39 is 0 Å². The van der Waals surface area contributed by atoms with Crippen molar-refractivity contribution < 1.29 is 9.21 Å². The number of amides is 1. The SMILES string of the molecule is Cc1cc(-c2nnc(NC(=O)Cc3ccc4ccccc4c3)o2)n(C)n1. The van der Waals surface area contributed by atoms with Crippen LogP contribution in [0, 0.1) is 6.92 Å². The van der Waals surface area contributed by atoms with Crippen molar-refractivity contribution in [3.05, 3.63) is 59.8 Å². The Morgan fingerprint density at radius 2 is 1.92 bits per heavy atom. The zero-order valence-corrected chi connectivity index (χ0v) is 14.4. The Hall–Kier alpha value is -3.48. The van der Waals surface area contributed by atoms with Crippen LogP contribution in [0.4, 0.5) is 6.01 Å². The van der Waals surface area contributed by atoms with E-state index in [4.69, 9.17) is 4.42 Å². The molecule has 0 aliphatic rings. The van der Waals surface area contributed by atoms with Crippen LogP contribution in [-0.2, 0) is 18.3 Å². The summed E-state index contributed by atoms with van der Waals surface area (Å²) in [5.41, 5.74) is 2.47. The molecule has 0 atom stereocenters. The molecule has 0 aliphatic carbocycles. The summed E-state index contributed by atoms with van der Waals surface area (Å²) in [4.78, 5) is 12.3. The van der Waals surface area contributed by atoms with Crippen LogP contribution in [0.1, 0.15) is 11.3 Å². The molecule has 0 saturated carbocycles. The Balaban J connectivity index is 1.47. The maximum Gasteiger partial charge on any atom is 0.322 e. The van der Waals surface area contributed by atoms with Gasteiger partial charge in [-0.1, -0.05) is 47.6 Å². The highest BCUT2D eigenvalue weighted by Crippen LogP contribution is 2.20. The minimum absolute atomic E-state index is 0.0737. The first-order chi connectivity index (χ1) is 12.6. The molecule has 26 heavy (non-hydrogen) atoms. The van der Waals surface area contributed by atoms with Crippen molar-refractivity contribution in [2.75, 3.05) is 5.32 Å². The number of aryl methyl sites for hydroxylation is 2. The standard InChI is InChI=1S/C19H17N5O2/c1-12-9-16(24(2)23-12)18-21-22-19(26-18)20-17(25)11-13-7-8-14-5-3-4-6-15(14)10-13/h3-10H,11H2,1-2H3,(H,20,22,25). The first-order valence-electron chi connectivity index (χ1n) is 8.20. The number of carbonyl (C=O) groups is 1. The van der Waals surface area contributed by atoms with E-state index in [9.17, 15) is 4.79 Å². The van der Waals surface area contributed by atoms with Crippen molar-refractivity contribution in [1.29, 1.82) is 0 Å². The van der Waals surface area contributed by atoms with Crippen LogP contribution in [0.5, 0.6) is 0 Å². The highest BCUT2D eigenvalue weighted by Gasteiger charge is 2.15. The van der Waals surface area contributed by atoms with Gasteiger partial charge in [-0.05, 0) is 29.3 Å². The maximum atomic E-state index is 12.3. The van der Waals surface area contributed by atoms with Gasteiger partial charge in [-0.2, -0.15) is 5.10 Å². The second kappa shape index (κ2) is 6.44. The van der Waals surface area contributed by atoms with Crippen LogP contribution in [0.15, 0.2) is 52.9 Å². The number of rotatable bonds is 4. The van der Waals surface area contributed by atoms with Crippen molar-refractivity contribution >= 4 is 22.7 Å². The van der Waals surface area contributed by atoms with E-state index in [0.29, 0.717) is 11.6 Å². The number of nitrogens with one attached hydrogen (secondary N) is 1. The fraction of sp³-hybridized carbons (Fsp3) is 0.158. The number of aromatic nitrogens is 4. The molecule has 0 spiro atoms. The summed E-state index contributed by atoms with van der Waals surface area (Å²) in [6.07, 6.45) is 0.230. The lowest BCUT2D eigenvalue weighted by atomic mass is 10.1. The summed E-state index contributed by atoms with van der Waals surface area (Å²) < 4.78 is 7.18. The van der Waals surface area contributed by atoms with E-state index in [1.54, 1.807) is 11.7 Å². The molecular formula is C19H17N5O2. The molecule has 7 heteroatoms. The van der Waals surface area contributed by atoms with Gasteiger partial charge in [0.1, 0.15) is 5.69 Å². The molecular weight excluding hydrogens is 330 g/mol. The Labute approximate surface area is 149 Å². The predicted octanol–water partition coefficient (Wildman–Crippen LogP) is 3.11. The zero-order valence-electron chi connectivity index (χ0n) is 14.4. The first-order valence-corrected chi connectivity index (χ1v) is 8.20. The predicted molar refractivity (Wildman–Crippen MR) is 97.5 cm³/mol. The molecule has 0 unspecified atom stereocenters. The van der Waals surface area contributed by atoms with Crippen molar-refractivity contribution in [3.8, 4) is 11.6 Å². The average Bonchev–Trinajstić information content (AvgIpc) is 3.20. The van der Waals surface area contributed by atoms with Gasteiger partial charge in [-0.3, -0.25) is 14.8 Å². The normalized spacial score (nSPS) is 11.0. The molecule has 1 N–H and O–H groups in total. The molecule has 4 aromatic rings. The molecule has 130 valence electrons. The van der Waals surface area contributed by atoms with Gasteiger partial charge in [-0.15, -0.1) is 5.10 Å². The van der Waals surface area contributed by atoms with Gasteiger partial charge in [0, 0.05) is 7.05 Å². The number of hydrogen-bond donors (Lipinski definition) is 1. The maximum absolute atomic E-state index is 12.3. The first kappa shape index (κ1) is 16.0. The largest absolute Gasteiger partial charge is 0.401 e. The summed E-state index contributed by atoms with van der Waals surface area (Å²) in [5, 5.41) is 17.0. The van der Waals surface area contributed by atoms with Gasteiger partial charge in [0.2, 0.25) is 5.91 Å². The minimum Gasteiger partial charge on any atom is -0.401 e. The summed E-state index contributed by atoms with van der Waals surface area (Å²) >= 11 is 0. The van der Waals surface area contributed by atoms with Gasteiger partial charge < -0.3 is 4.42 Å².